The summed E-state index contributed by atoms with van der Waals surface area (Å²) in [5.41, 5.74) is 1.35. The summed E-state index contributed by atoms with van der Waals surface area (Å²) in [6.07, 6.45) is 0. The first kappa shape index (κ1) is 21.2. The molecule has 0 saturated carbocycles. The number of amides is 4. The fourth-order valence-electron chi connectivity index (χ4n) is 3.21. The molecule has 0 aromatic heterocycles. The number of urea groups is 1. The van der Waals surface area contributed by atoms with Crippen LogP contribution in [0.15, 0.2) is 42.5 Å². The van der Waals surface area contributed by atoms with Crippen LogP contribution in [0, 0.1) is 13.8 Å². The molecule has 1 atom stereocenters. The molecule has 158 valence electrons. The van der Waals surface area contributed by atoms with Crippen LogP contribution < -0.4 is 15.4 Å². The van der Waals surface area contributed by atoms with E-state index in [0.29, 0.717) is 11.3 Å². The van der Waals surface area contributed by atoms with Gasteiger partial charge >= 0.3 is 12.6 Å². The first-order valence-electron chi connectivity index (χ1n) is 9.17. The minimum absolute atomic E-state index is 0.0705. The molecule has 0 aliphatic carbocycles. The summed E-state index contributed by atoms with van der Waals surface area (Å²) in [6, 6.07) is 10.2. The second-order valence-electron chi connectivity index (χ2n) is 7.22. The van der Waals surface area contributed by atoms with Gasteiger partial charge in [-0.25, -0.2) is 4.79 Å². The van der Waals surface area contributed by atoms with Gasteiger partial charge in [0.2, 0.25) is 5.91 Å². The van der Waals surface area contributed by atoms with Crippen LogP contribution >= 0.6 is 0 Å². The molecule has 0 radical (unpaired) electrons. The van der Waals surface area contributed by atoms with Crippen molar-refractivity contribution < 1.29 is 27.9 Å². The third kappa shape index (κ3) is 4.24. The topological polar surface area (TPSA) is 87.7 Å². The van der Waals surface area contributed by atoms with Crippen molar-refractivity contribution in [2.45, 2.75) is 32.9 Å². The monoisotopic (exact) mass is 417 g/mol. The average Bonchev–Trinajstić information content (AvgIpc) is 2.89. The maximum Gasteiger partial charge on any atom is 0.387 e. The average molecular weight is 417 g/mol. The lowest BCUT2D eigenvalue weighted by Crippen LogP contribution is -2.42. The second kappa shape index (κ2) is 8.10. The van der Waals surface area contributed by atoms with E-state index in [9.17, 15) is 23.2 Å². The smallest absolute Gasteiger partial charge is 0.387 e. The van der Waals surface area contributed by atoms with Crippen molar-refractivity contribution in [1.82, 2.24) is 10.2 Å². The van der Waals surface area contributed by atoms with Crippen molar-refractivity contribution in [3.63, 3.8) is 0 Å². The number of nitrogens with zero attached hydrogens (tertiary/aromatic N) is 1. The quantitative estimate of drug-likeness (QED) is 0.706. The van der Waals surface area contributed by atoms with E-state index in [0.717, 1.165) is 16.0 Å². The zero-order chi connectivity index (χ0) is 22.1. The fraction of sp³-hybridized carbons (Fsp3) is 0.286. The molecule has 2 aromatic rings. The van der Waals surface area contributed by atoms with Crippen LogP contribution in [0.2, 0.25) is 0 Å². The minimum atomic E-state index is -2.97. The SMILES string of the molecule is Cc1ccc(C)c(NC(=O)CN2C(=O)N[C@@](C)(c3ccc(OC(F)F)cc3)C2=O)c1. The summed E-state index contributed by atoms with van der Waals surface area (Å²) < 4.78 is 28.9. The molecule has 0 spiro atoms. The fourth-order valence-corrected chi connectivity index (χ4v) is 3.21. The summed E-state index contributed by atoms with van der Waals surface area (Å²) in [6.45, 7) is 1.78. The van der Waals surface area contributed by atoms with Gasteiger partial charge in [-0.2, -0.15) is 8.78 Å². The number of carbonyl (C=O) groups is 3. The molecule has 2 N–H and O–H groups in total. The first-order chi connectivity index (χ1) is 14.1. The van der Waals surface area contributed by atoms with E-state index in [2.05, 4.69) is 15.4 Å². The van der Waals surface area contributed by atoms with Gasteiger partial charge in [-0.1, -0.05) is 24.3 Å². The van der Waals surface area contributed by atoms with Crippen LogP contribution in [0.4, 0.5) is 19.3 Å². The minimum Gasteiger partial charge on any atom is -0.435 e. The number of aryl methyl sites for hydroxylation is 2. The van der Waals surface area contributed by atoms with Crippen LogP contribution in [0.5, 0.6) is 5.75 Å². The second-order valence-corrected chi connectivity index (χ2v) is 7.22. The molecule has 1 aliphatic rings. The zero-order valence-electron chi connectivity index (χ0n) is 16.7. The number of anilines is 1. The van der Waals surface area contributed by atoms with Gasteiger partial charge in [0.15, 0.2) is 0 Å². The Bertz CT molecular complexity index is 994. The summed E-state index contributed by atoms with van der Waals surface area (Å²) in [4.78, 5) is 38.6. The lowest BCUT2D eigenvalue weighted by molar-refractivity contribution is -0.133. The Balaban J connectivity index is 1.73. The Labute approximate surface area is 172 Å². The number of rotatable bonds is 6. The third-order valence-corrected chi connectivity index (χ3v) is 4.90. The number of hydrogen-bond acceptors (Lipinski definition) is 4. The highest BCUT2D eigenvalue weighted by atomic mass is 19.3. The number of ether oxygens (including phenoxy) is 1. The highest BCUT2D eigenvalue weighted by molar-refractivity contribution is 6.10. The van der Waals surface area contributed by atoms with Gasteiger partial charge in [0, 0.05) is 5.69 Å². The van der Waals surface area contributed by atoms with Crippen molar-refractivity contribution >= 4 is 23.5 Å². The van der Waals surface area contributed by atoms with E-state index in [1.807, 2.05) is 26.0 Å². The van der Waals surface area contributed by atoms with Gasteiger partial charge < -0.3 is 15.4 Å². The Morgan fingerprint density at radius 2 is 1.83 bits per heavy atom. The van der Waals surface area contributed by atoms with E-state index in [1.54, 1.807) is 6.07 Å². The van der Waals surface area contributed by atoms with Gasteiger partial charge in [-0.05, 0) is 55.7 Å². The molecule has 7 nitrogen and oxygen atoms in total. The highest BCUT2D eigenvalue weighted by Gasteiger charge is 2.49. The Hall–Kier alpha value is -3.49. The van der Waals surface area contributed by atoms with E-state index in [4.69, 9.17) is 0 Å². The van der Waals surface area contributed by atoms with Crippen LogP contribution in [0.1, 0.15) is 23.6 Å². The first-order valence-corrected chi connectivity index (χ1v) is 9.17. The number of imide groups is 1. The number of halogens is 2. The summed E-state index contributed by atoms with van der Waals surface area (Å²) in [7, 11) is 0. The lowest BCUT2D eigenvalue weighted by atomic mass is 9.92. The van der Waals surface area contributed by atoms with Gasteiger partial charge in [0.05, 0.1) is 0 Å². The molecule has 1 fully saturated rings. The molecule has 30 heavy (non-hydrogen) atoms. The van der Waals surface area contributed by atoms with Gasteiger partial charge in [-0.3, -0.25) is 14.5 Å². The Morgan fingerprint density at radius 1 is 1.17 bits per heavy atom. The van der Waals surface area contributed by atoms with Gasteiger partial charge in [0.25, 0.3) is 5.91 Å². The molecule has 9 heteroatoms. The van der Waals surface area contributed by atoms with Crippen molar-refractivity contribution in [3.05, 3.63) is 59.2 Å². The molecule has 0 bridgehead atoms. The highest BCUT2D eigenvalue weighted by Crippen LogP contribution is 2.30. The number of alkyl halides is 2. The maximum absolute atomic E-state index is 12.9. The van der Waals surface area contributed by atoms with E-state index in [1.165, 1.54) is 31.2 Å². The van der Waals surface area contributed by atoms with Crippen LogP contribution in [0.3, 0.4) is 0 Å². The largest absolute Gasteiger partial charge is 0.435 e. The van der Waals surface area contributed by atoms with Crippen molar-refractivity contribution in [2.75, 3.05) is 11.9 Å². The van der Waals surface area contributed by atoms with E-state index >= 15 is 0 Å². The van der Waals surface area contributed by atoms with Crippen molar-refractivity contribution in [3.8, 4) is 5.75 Å². The third-order valence-electron chi connectivity index (χ3n) is 4.90. The number of carbonyl (C=O) groups excluding carboxylic acids is 3. The summed E-state index contributed by atoms with van der Waals surface area (Å²) in [5, 5.41) is 5.28. The predicted octanol–water partition coefficient (Wildman–Crippen LogP) is 3.31. The van der Waals surface area contributed by atoms with Crippen molar-refractivity contribution in [2.24, 2.45) is 0 Å². The van der Waals surface area contributed by atoms with Crippen LogP contribution in [-0.2, 0) is 15.1 Å². The van der Waals surface area contributed by atoms with Gasteiger partial charge in [0.1, 0.15) is 17.8 Å². The van der Waals surface area contributed by atoms with Crippen LogP contribution in [-0.4, -0.2) is 35.9 Å². The number of hydrogen-bond donors (Lipinski definition) is 2. The molecule has 1 saturated heterocycles. The molecule has 4 amide bonds. The normalized spacial score (nSPS) is 18.5. The molecule has 3 rings (SSSR count). The van der Waals surface area contributed by atoms with Crippen LogP contribution in [0.25, 0.3) is 0 Å². The predicted molar refractivity (Wildman–Crippen MR) is 105 cm³/mol. The Kier molecular flexibility index (Phi) is 5.73. The zero-order valence-corrected chi connectivity index (χ0v) is 16.7. The standard InChI is InChI=1S/C21H21F2N3O4/c1-12-4-5-13(2)16(10-12)24-17(27)11-26-18(28)21(3,25-20(26)29)14-6-8-15(9-7-14)30-19(22)23/h4-10,19H,11H2,1-3H3,(H,24,27)(H,25,29)/t21-/m0/s1. The lowest BCUT2D eigenvalue weighted by Gasteiger charge is -2.22. The molecular weight excluding hydrogens is 396 g/mol. The summed E-state index contributed by atoms with van der Waals surface area (Å²) in [5.74, 6) is -1.21. The molecule has 1 heterocycles. The van der Waals surface area contributed by atoms with E-state index < -0.39 is 36.5 Å². The molecule has 0 unspecified atom stereocenters. The molecule has 2 aromatic carbocycles. The van der Waals surface area contributed by atoms with E-state index in [-0.39, 0.29) is 5.75 Å². The van der Waals surface area contributed by atoms with Gasteiger partial charge in [-0.15, -0.1) is 0 Å². The molecular formula is C21H21F2N3O4. The maximum atomic E-state index is 12.9. The number of benzene rings is 2. The van der Waals surface area contributed by atoms with Crippen molar-refractivity contribution in [1.29, 1.82) is 0 Å². The Morgan fingerprint density at radius 3 is 2.47 bits per heavy atom. The number of nitrogens with one attached hydrogen (secondary N) is 2. The molecule has 1 aliphatic heterocycles. The summed E-state index contributed by atoms with van der Waals surface area (Å²) >= 11 is 0.